The molecule has 7 nitrogen and oxygen atoms in total. The molecule has 0 bridgehead atoms. The van der Waals surface area contributed by atoms with Crippen LogP contribution >= 0.6 is 0 Å². The molecule has 8 heteroatoms. The van der Waals surface area contributed by atoms with Crippen LogP contribution in [0.1, 0.15) is 12.5 Å². The van der Waals surface area contributed by atoms with Crippen molar-refractivity contribution in [1.82, 2.24) is 0 Å². The maximum absolute atomic E-state index is 9.39. The SMILES string of the molecule is CCOc1cc(-c2ccc(O)cc2)[o+]c2ccc(C)cc12.[O-][Cl+3]([O-])([O-])[O-]. The highest BCUT2D eigenvalue weighted by Crippen LogP contribution is 2.33. The minimum absolute atomic E-state index is 0.236. The number of phenolic OH excluding ortho intramolecular Hbond substituents is 1. The number of halogens is 1. The van der Waals surface area contributed by atoms with Crippen molar-refractivity contribution in [2.24, 2.45) is 0 Å². The Hall–Kier alpha value is -2.42. The van der Waals surface area contributed by atoms with Crippen LogP contribution in [0.5, 0.6) is 11.5 Å². The minimum Gasteiger partial charge on any atom is -0.508 e. The fourth-order valence-electron chi connectivity index (χ4n) is 2.31. The van der Waals surface area contributed by atoms with Gasteiger partial charge < -0.3 is 9.84 Å². The Kier molecular flexibility index (Phi) is 6.36. The molecule has 1 N–H and O–H groups in total. The number of rotatable bonds is 3. The van der Waals surface area contributed by atoms with E-state index in [0.29, 0.717) is 6.61 Å². The third-order valence-electron chi connectivity index (χ3n) is 3.33. The zero-order chi connectivity index (χ0) is 19.3. The quantitative estimate of drug-likeness (QED) is 0.634. The van der Waals surface area contributed by atoms with Gasteiger partial charge in [0.15, 0.2) is 0 Å². The van der Waals surface area contributed by atoms with Gasteiger partial charge in [-0.25, -0.2) is 23.1 Å². The lowest BCUT2D eigenvalue weighted by molar-refractivity contribution is -2.00. The first-order valence-electron chi connectivity index (χ1n) is 7.59. The van der Waals surface area contributed by atoms with Crippen LogP contribution in [0.2, 0.25) is 0 Å². The molecule has 0 fully saturated rings. The van der Waals surface area contributed by atoms with E-state index in [0.717, 1.165) is 33.6 Å². The highest BCUT2D eigenvalue weighted by Gasteiger charge is 2.20. The fourth-order valence-corrected chi connectivity index (χ4v) is 2.31. The lowest BCUT2D eigenvalue weighted by Crippen LogP contribution is -2.68. The Bertz CT molecular complexity index is 867. The van der Waals surface area contributed by atoms with Gasteiger partial charge in [0.1, 0.15) is 16.9 Å². The second-order valence-electron chi connectivity index (χ2n) is 5.33. The van der Waals surface area contributed by atoms with E-state index in [9.17, 15) is 5.11 Å². The molecule has 0 saturated heterocycles. The molecule has 0 aliphatic rings. The Labute approximate surface area is 152 Å². The molecule has 0 atom stereocenters. The summed E-state index contributed by atoms with van der Waals surface area (Å²) in [6, 6.07) is 14.9. The van der Waals surface area contributed by atoms with Crippen LogP contribution < -0.4 is 23.4 Å². The van der Waals surface area contributed by atoms with Gasteiger partial charge in [0, 0.05) is 6.07 Å². The topological polar surface area (TPSA) is 133 Å². The highest BCUT2D eigenvalue weighted by atomic mass is 35.7. The summed E-state index contributed by atoms with van der Waals surface area (Å²) >= 11 is 0. The van der Waals surface area contributed by atoms with Crippen molar-refractivity contribution in [1.29, 1.82) is 0 Å². The molecule has 2 aromatic carbocycles. The van der Waals surface area contributed by atoms with Crippen molar-refractivity contribution < 1.29 is 43.1 Å². The number of benzene rings is 2. The van der Waals surface area contributed by atoms with Gasteiger partial charge in [0.25, 0.3) is 0 Å². The number of aryl methyl sites for hydroxylation is 1. The summed E-state index contributed by atoms with van der Waals surface area (Å²) in [4.78, 5) is 0. The van der Waals surface area contributed by atoms with E-state index in [1.165, 1.54) is 0 Å². The fraction of sp³-hybridized carbons (Fsp3) is 0.167. The van der Waals surface area contributed by atoms with Crippen LogP contribution in [0.3, 0.4) is 0 Å². The van der Waals surface area contributed by atoms with Crippen molar-refractivity contribution in [3.63, 3.8) is 0 Å². The van der Waals surface area contributed by atoms with Crippen molar-refractivity contribution in [2.75, 3.05) is 6.61 Å². The van der Waals surface area contributed by atoms with Crippen LogP contribution in [0, 0.1) is 17.2 Å². The van der Waals surface area contributed by atoms with Gasteiger partial charge in [0.2, 0.25) is 0 Å². The molecular formula is C18H17ClO7. The normalized spacial score (nSPS) is 11.0. The highest BCUT2D eigenvalue weighted by molar-refractivity contribution is 5.86. The standard InChI is InChI=1S/C18H16O3.ClHO4/c1-3-20-18-11-17(13-5-7-14(19)8-6-13)21-16-9-4-12(2)10-15(16)18;2-1(3,4)5/h4-11H,3H2,1-2H3;(H,2,3,4,5). The Balaban J connectivity index is 0.000000431. The summed E-state index contributed by atoms with van der Waals surface area (Å²) in [6.07, 6.45) is 0. The molecule has 138 valence electrons. The van der Waals surface area contributed by atoms with Crippen LogP contribution in [-0.4, -0.2) is 11.7 Å². The Morgan fingerprint density at radius 3 is 2.19 bits per heavy atom. The molecule has 0 amide bonds. The molecule has 1 heterocycles. The number of hydrogen-bond acceptors (Lipinski definition) is 6. The van der Waals surface area contributed by atoms with Crippen LogP contribution in [-0.2, 0) is 0 Å². The van der Waals surface area contributed by atoms with E-state index < -0.39 is 10.2 Å². The predicted molar refractivity (Wildman–Crippen MR) is 83.6 cm³/mol. The average molecular weight is 381 g/mol. The second kappa shape index (κ2) is 8.31. The summed E-state index contributed by atoms with van der Waals surface area (Å²) in [5, 5.41) is 10.4. The Morgan fingerprint density at radius 2 is 1.62 bits per heavy atom. The van der Waals surface area contributed by atoms with E-state index in [2.05, 4.69) is 6.07 Å². The molecule has 26 heavy (non-hydrogen) atoms. The van der Waals surface area contributed by atoms with Gasteiger partial charge in [-0.05, 0) is 55.8 Å². The van der Waals surface area contributed by atoms with Gasteiger partial charge in [-0.1, -0.05) is 0 Å². The van der Waals surface area contributed by atoms with E-state index in [4.69, 9.17) is 27.8 Å². The van der Waals surface area contributed by atoms with Gasteiger partial charge in [-0.2, -0.15) is 0 Å². The molecule has 0 saturated carbocycles. The third-order valence-corrected chi connectivity index (χ3v) is 3.33. The first-order valence-corrected chi connectivity index (χ1v) is 8.82. The van der Waals surface area contributed by atoms with Crippen LogP contribution in [0.25, 0.3) is 22.3 Å². The summed E-state index contributed by atoms with van der Waals surface area (Å²) in [5.74, 6) is 1.76. The van der Waals surface area contributed by atoms with Gasteiger partial charge >= 0.3 is 11.3 Å². The van der Waals surface area contributed by atoms with E-state index in [1.54, 1.807) is 12.1 Å². The molecule has 0 spiro atoms. The first kappa shape index (κ1) is 19.9. The maximum atomic E-state index is 9.39. The van der Waals surface area contributed by atoms with Gasteiger partial charge in [-0.3, -0.25) is 0 Å². The molecular weight excluding hydrogens is 364 g/mol. The van der Waals surface area contributed by atoms with Gasteiger partial charge in [-0.15, -0.1) is 10.2 Å². The lowest BCUT2D eigenvalue weighted by Gasteiger charge is -2.17. The molecule has 0 aliphatic carbocycles. The average Bonchev–Trinajstić information content (AvgIpc) is 2.54. The zero-order valence-corrected chi connectivity index (χ0v) is 14.9. The molecule has 0 unspecified atom stereocenters. The monoisotopic (exact) mass is 380 g/mol. The first-order chi connectivity index (χ1) is 12.2. The van der Waals surface area contributed by atoms with Gasteiger partial charge in [0.05, 0.1) is 18.2 Å². The molecule has 0 radical (unpaired) electrons. The zero-order valence-electron chi connectivity index (χ0n) is 14.1. The molecule has 3 rings (SSSR count). The Morgan fingerprint density at radius 1 is 1.00 bits per heavy atom. The number of aromatic hydroxyl groups is 1. The summed E-state index contributed by atoms with van der Waals surface area (Å²) in [7, 11) is -4.94. The van der Waals surface area contributed by atoms with E-state index >= 15 is 0 Å². The second-order valence-corrected chi connectivity index (χ2v) is 6.09. The summed E-state index contributed by atoms with van der Waals surface area (Å²) in [5.41, 5.74) is 2.85. The summed E-state index contributed by atoms with van der Waals surface area (Å²) < 4.78 is 45.7. The molecule has 0 aliphatic heterocycles. The number of ether oxygens (including phenoxy) is 1. The molecule has 3 aromatic rings. The number of hydrogen-bond donors (Lipinski definition) is 1. The van der Waals surface area contributed by atoms with E-state index in [1.807, 2.05) is 44.2 Å². The van der Waals surface area contributed by atoms with Crippen molar-refractivity contribution in [2.45, 2.75) is 13.8 Å². The predicted octanol–water partition coefficient (Wildman–Crippen LogP) is 0.0376. The van der Waals surface area contributed by atoms with E-state index in [-0.39, 0.29) is 5.75 Å². The summed E-state index contributed by atoms with van der Waals surface area (Å²) in [6.45, 7) is 4.61. The minimum atomic E-state index is -4.94. The van der Waals surface area contributed by atoms with Crippen molar-refractivity contribution in [3.8, 4) is 22.8 Å². The van der Waals surface area contributed by atoms with Crippen molar-refractivity contribution >= 4 is 11.0 Å². The van der Waals surface area contributed by atoms with Crippen LogP contribution in [0.4, 0.5) is 0 Å². The molecule has 1 aromatic heterocycles. The largest absolute Gasteiger partial charge is 0.508 e. The third kappa shape index (κ3) is 5.83. The number of phenols is 1. The van der Waals surface area contributed by atoms with Crippen LogP contribution in [0.15, 0.2) is 52.9 Å². The lowest BCUT2D eigenvalue weighted by atomic mass is 10.1. The van der Waals surface area contributed by atoms with Crippen molar-refractivity contribution in [3.05, 3.63) is 54.1 Å². The number of fused-ring (bicyclic) bond motifs is 1. The maximum Gasteiger partial charge on any atom is 0.364 e. The smallest absolute Gasteiger partial charge is 0.364 e.